The molecular weight excluding hydrogens is 309 g/mol. The molecule has 2 rings (SSSR count). The van der Waals surface area contributed by atoms with E-state index in [9.17, 15) is 4.39 Å². The summed E-state index contributed by atoms with van der Waals surface area (Å²) < 4.78 is 19.8. The number of hydrogen-bond acceptors (Lipinski definition) is 2. The number of halogens is 2. The first-order chi connectivity index (χ1) is 9.06. The van der Waals surface area contributed by atoms with Gasteiger partial charge in [0.2, 0.25) is 0 Å². The average Bonchev–Trinajstić information content (AvgIpc) is 2.35. The first kappa shape index (κ1) is 14.0. The molecule has 2 nitrogen and oxygen atoms in total. The van der Waals surface area contributed by atoms with Crippen LogP contribution in [0, 0.1) is 5.82 Å². The highest BCUT2D eigenvalue weighted by Gasteiger charge is 2.18. The van der Waals surface area contributed by atoms with E-state index in [0.717, 1.165) is 5.56 Å². The van der Waals surface area contributed by atoms with Gasteiger partial charge in [-0.15, -0.1) is 0 Å². The molecule has 100 valence electrons. The van der Waals surface area contributed by atoms with E-state index < -0.39 is 0 Å². The third kappa shape index (κ3) is 3.78. The van der Waals surface area contributed by atoms with Gasteiger partial charge in [-0.05, 0) is 24.6 Å². The molecule has 0 aliphatic rings. The summed E-state index contributed by atoms with van der Waals surface area (Å²) in [6.07, 6.45) is -0.310. The molecule has 0 saturated heterocycles. The Morgan fingerprint density at radius 3 is 2.42 bits per heavy atom. The van der Waals surface area contributed by atoms with Crippen molar-refractivity contribution in [3.05, 3.63) is 64.4 Å². The highest BCUT2D eigenvalue weighted by atomic mass is 79.9. The fourth-order valence-electron chi connectivity index (χ4n) is 1.86. The van der Waals surface area contributed by atoms with Crippen LogP contribution >= 0.6 is 15.9 Å². The Balaban J connectivity index is 2.27. The molecule has 4 heteroatoms. The molecule has 19 heavy (non-hydrogen) atoms. The molecule has 0 spiro atoms. The summed E-state index contributed by atoms with van der Waals surface area (Å²) in [4.78, 5) is 0. The third-order valence-corrected chi connectivity index (χ3v) is 3.16. The SMILES string of the molecule is CC(N)C(Oc1cc(F)cc(Br)c1)c1ccccc1. The van der Waals surface area contributed by atoms with Gasteiger partial charge in [-0.3, -0.25) is 0 Å². The fourth-order valence-corrected chi connectivity index (χ4v) is 2.31. The van der Waals surface area contributed by atoms with Crippen LogP contribution < -0.4 is 10.5 Å². The van der Waals surface area contributed by atoms with Gasteiger partial charge < -0.3 is 10.5 Å². The molecule has 0 amide bonds. The summed E-state index contributed by atoms with van der Waals surface area (Å²) in [6.45, 7) is 1.87. The van der Waals surface area contributed by atoms with Crippen molar-refractivity contribution < 1.29 is 9.13 Å². The van der Waals surface area contributed by atoms with E-state index in [-0.39, 0.29) is 18.0 Å². The number of benzene rings is 2. The Labute approximate surface area is 120 Å². The Morgan fingerprint density at radius 2 is 1.84 bits per heavy atom. The first-order valence-corrected chi connectivity index (χ1v) is 6.79. The highest BCUT2D eigenvalue weighted by Crippen LogP contribution is 2.27. The maximum atomic E-state index is 13.3. The summed E-state index contributed by atoms with van der Waals surface area (Å²) in [5.74, 6) is 0.110. The Bertz CT molecular complexity index is 525. The van der Waals surface area contributed by atoms with Crippen LogP contribution in [-0.2, 0) is 0 Å². The van der Waals surface area contributed by atoms with Gasteiger partial charge in [0.05, 0.1) is 0 Å². The molecule has 2 aromatic rings. The fraction of sp³-hybridized carbons (Fsp3) is 0.200. The highest BCUT2D eigenvalue weighted by molar-refractivity contribution is 9.10. The second-order valence-electron chi connectivity index (χ2n) is 4.41. The van der Waals surface area contributed by atoms with E-state index in [1.165, 1.54) is 12.1 Å². The minimum atomic E-state index is -0.346. The van der Waals surface area contributed by atoms with Gasteiger partial charge in [0.15, 0.2) is 0 Å². The molecule has 0 fully saturated rings. The first-order valence-electron chi connectivity index (χ1n) is 5.99. The molecule has 0 saturated carbocycles. The van der Waals surface area contributed by atoms with Crippen molar-refractivity contribution in [1.29, 1.82) is 0 Å². The van der Waals surface area contributed by atoms with Gasteiger partial charge in [-0.1, -0.05) is 46.3 Å². The zero-order chi connectivity index (χ0) is 13.8. The quantitative estimate of drug-likeness (QED) is 0.921. The van der Waals surface area contributed by atoms with Crippen molar-refractivity contribution in [3.8, 4) is 5.75 Å². The van der Waals surface area contributed by atoms with Gasteiger partial charge in [0, 0.05) is 16.6 Å². The molecule has 0 heterocycles. The van der Waals surface area contributed by atoms with E-state index >= 15 is 0 Å². The lowest BCUT2D eigenvalue weighted by Gasteiger charge is -2.23. The summed E-state index contributed by atoms with van der Waals surface area (Å²) in [5, 5.41) is 0. The van der Waals surface area contributed by atoms with Crippen LogP contribution in [0.4, 0.5) is 4.39 Å². The number of rotatable bonds is 4. The van der Waals surface area contributed by atoms with Crippen molar-refractivity contribution >= 4 is 15.9 Å². The Morgan fingerprint density at radius 1 is 1.16 bits per heavy atom. The molecule has 2 atom stereocenters. The topological polar surface area (TPSA) is 35.2 Å². The summed E-state index contributed by atoms with van der Waals surface area (Å²) in [6, 6.07) is 13.9. The minimum absolute atomic E-state index is 0.204. The molecule has 0 aliphatic carbocycles. The summed E-state index contributed by atoms with van der Waals surface area (Å²) in [7, 11) is 0. The predicted molar refractivity (Wildman–Crippen MR) is 77.6 cm³/mol. The van der Waals surface area contributed by atoms with Crippen molar-refractivity contribution in [1.82, 2.24) is 0 Å². The van der Waals surface area contributed by atoms with Crippen LogP contribution in [0.2, 0.25) is 0 Å². The van der Waals surface area contributed by atoms with Gasteiger partial charge >= 0.3 is 0 Å². The Hall–Kier alpha value is -1.39. The standard InChI is InChI=1S/C15H15BrFNO/c1-10(18)15(11-5-3-2-4-6-11)19-14-8-12(16)7-13(17)9-14/h2-10,15H,18H2,1H3. The van der Waals surface area contributed by atoms with Crippen molar-refractivity contribution in [3.63, 3.8) is 0 Å². The largest absolute Gasteiger partial charge is 0.484 e. The van der Waals surface area contributed by atoms with Crippen LogP contribution in [0.15, 0.2) is 53.0 Å². The molecule has 0 radical (unpaired) electrons. The molecule has 2 unspecified atom stereocenters. The molecule has 0 aromatic heterocycles. The average molecular weight is 324 g/mol. The van der Waals surface area contributed by atoms with Crippen molar-refractivity contribution in [2.24, 2.45) is 5.73 Å². The monoisotopic (exact) mass is 323 g/mol. The van der Waals surface area contributed by atoms with Crippen LogP contribution in [0.25, 0.3) is 0 Å². The normalized spacial score (nSPS) is 13.9. The van der Waals surface area contributed by atoms with Crippen LogP contribution in [-0.4, -0.2) is 6.04 Å². The van der Waals surface area contributed by atoms with E-state index in [1.54, 1.807) is 6.07 Å². The smallest absolute Gasteiger partial charge is 0.138 e. The lowest BCUT2D eigenvalue weighted by Crippen LogP contribution is -2.29. The molecule has 2 aromatic carbocycles. The van der Waals surface area contributed by atoms with Gasteiger partial charge in [0.25, 0.3) is 0 Å². The van der Waals surface area contributed by atoms with Gasteiger partial charge in [-0.25, -0.2) is 4.39 Å². The lowest BCUT2D eigenvalue weighted by molar-refractivity contribution is 0.179. The molecule has 2 N–H and O–H groups in total. The van der Waals surface area contributed by atoms with Crippen LogP contribution in [0.1, 0.15) is 18.6 Å². The second kappa shape index (κ2) is 6.17. The molecule has 0 bridgehead atoms. The maximum Gasteiger partial charge on any atom is 0.138 e. The number of hydrogen-bond donors (Lipinski definition) is 1. The molecule has 0 aliphatic heterocycles. The third-order valence-electron chi connectivity index (χ3n) is 2.70. The number of nitrogens with two attached hydrogens (primary N) is 1. The van der Waals surface area contributed by atoms with Crippen LogP contribution in [0.3, 0.4) is 0 Å². The van der Waals surface area contributed by atoms with Crippen molar-refractivity contribution in [2.75, 3.05) is 0 Å². The Kier molecular flexibility index (Phi) is 4.56. The van der Waals surface area contributed by atoms with Crippen LogP contribution in [0.5, 0.6) is 5.75 Å². The lowest BCUT2D eigenvalue weighted by atomic mass is 10.0. The van der Waals surface area contributed by atoms with E-state index in [1.807, 2.05) is 37.3 Å². The van der Waals surface area contributed by atoms with E-state index in [2.05, 4.69) is 15.9 Å². The van der Waals surface area contributed by atoms with Gasteiger partial charge in [0.1, 0.15) is 17.7 Å². The van der Waals surface area contributed by atoms with Gasteiger partial charge in [-0.2, -0.15) is 0 Å². The summed E-state index contributed by atoms with van der Waals surface area (Å²) in [5.41, 5.74) is 6.93. The zero-order valence-corrected chi connectivity index (χ0v) is 12.1. The zero-order valence-electron chi connectivity index (χ0n) is 10.5. The second-order valence-corrected chi connectivity index (χ2v) is 5.33. The minimum Gasteiger partial charge on any atom is -0.484 e. The molecular formula is C15H15BrFNO. The summed E-state index contributed by atoms with van der Waals surface area (Å²) >= 11 is 3.24. The van der Waals surface area contributed by atoms with E-state index in [0.29, 0.717) is 10.2 Å². The number of ether oxygens (including phenoxy) is 1. The van der Waals surface area contributed by atoms with Crippen molar-refractivity contribution in [2.45, 2.75) is 19.1 Å². The maximum absolute atomic E-state index is 13.3. The van der Waals surface area contributed by atoms with E-state index in [4.69, 9.17) is 10.5 Å². The predicted octanol–water partition coefficient (Wildman–Crippen LogP) is 4.06.